The van der Waals surface area contributed by atoms with Crippen LogP contribution in [0.25, 0.3) is 0 Å². The van der Waals surface area contributed by atoms with Crippen LogP contribution in [0.4, 0.5) is 0 Å². The molecule has 0 aliphatic heterocycles. The maximum Gasteiger partial charge on any atom is 0.0819 e. The lowest BCUT2D eigenvalue weighted by Gasteiger charge is -2.11. The molecule has 2 heteroatoms. The molecule has 0 saturated carbocycles. The molecule has 0 aromatic heterocycles. The van der Waals surface area contributed by atoms with E-state index < -0.39 is 7.14 Å². The number of hydrogen-bond acceptors (Lipinski definition) is 1. The van der Waals surface area contributed by atoms with Crippen molar-refractivity contribution in [2.45, 2.75) is 33.1 Å². The largest absolute Gasteiger partial charge is 0.324 e. The predicted octanol–water partition coefficient (Wildman–Crippen LogP) is 3.44. The van der Waals surface area contributed by atoms with E-state index in [1.807, 2.05) is 13.3 Å². The summed E-state index contributed by atoms with van der Waals surface area (Å²) in [7, 11) is -1.74. The van der Waals surface area contributed by atoms with Crippen LogP contribution in [0, 0.1) is 5.92 Å². The van der Waals surface area contributed by atoms with Crippen molar-refractivity contribution in [3.63, 3.8) is 0 Å². The first-order valence-electron chi connectivity index (χ1n) is 4.49. The van der Waals surface area contributed by atoms with Crippen molar-refractivity contribution in [1.82, 2.24) is 0 Å². The molecule has 0 amide bonds. The Labute approximate surface area is 70.9 Å². The van der Waals surface area contributed by atoms with Crippen LogP contribution in [0.3, 0.4) is 0 Å². The lowest BCUT2D eigenvalue weighted by atomic mass is 10.0. The molecule has 0 N–H and O–H groups in total. The summed E-state index contributed by atoms with van der Waals surface area (Å²) < 4.78 is 11.3. The second-order valence-electron chi connectivity index (χ2n) is 3.98. The van der Waals surface area contributed by atoms with Gasteiger partial charge in [-0.2, -0.15) is 0 Å². The van der Waals surface area contributed by atoms with Crippen molar-refractivity contribution in [3.8, 4) is 0 Å². The summed E-state index contributed by atoms with van der Waals surface area (Å²) in [6, 6.07) is 0. The molecule has 68 valence electrons. The average Bonchev–Trinajstić information content (AvgIpc) is 1.83. The molecule has 0 aliphatic carbocycles. The highest BCUT2D eigenvalue weighted by Crippen LogP contribution is 2.37. The van der Waals surface area contributed by atoms with E-state index in [9.17, 15) is 4.57 Å². The monoisotopic (exact) mass is 176 g/mol. The van der Waals surface area contributed by atoms with Crippen LogP contribution in [0.15, 0.2) is 0 Å². The Balaban J connectivity index is 3.46. The molecular formula is C9H21OP. The van der Waals surface area contributed by atoms with Gasteiger partial charge in [-0.1, -0.05) is 26.7 Å². The number of rotatable bonds is 5. The molecule has 1 atom stereocenters. The van der Waals surface area contributed by atoms with Crippen LogP contribution in [-0.2, 0) is 4.57 Å². The van der Waals surface area contributed by atoms with E-state index in [2.05, 4.69) is 13.8 Å². The number of hydrogen-bond donors (Lipinski definition) is 0. The summed E-state index contributed by atoms with van der Waals surface area (Å²) >= 11 is 0. The average molecular weight is 176 g/mol. The molecule has 0 heterocycles. The first-order valence-corrected chi connectivity index (χ1v) is 7.28. The van der Waals surface area contributed by atoms with Gasteiger partial charge in [-0.25, -0.2) is 0 Å². The smallest absolute Gasteiger partial charge is 0.0819 e. The fourth-order valence-electron chi connectivity index (χ4n) is 1.17. The van der Waals surface area contributed by atoms with Crippen LogP contribution in [0.5, 0.6) is 0 Å². The van der Waals surface area contributed by atoms with E-state index in [1.54, 1.807) is 0 Å². The second-order valence-corrected chi connectivity index (χ2v) is 7.58. The van der Waals surface area contributed by atoms with Crippen LogP contribution in [0.2, 0.25) is 0 Å². The van der Waals surface area contributed by atoms with Crippen molar-refractivity contribution >= 4 is 7.14 Å². The minimum absolute atomic E-state index is 0.758. The van der Waals surface area contributed by atoms with Gasteiger partial charge in [-0.3, -0.25) is 0 Å². The first-order chi connectivity index (χ1) is 4.95. The van der Waals surface area contributed by atoms with Gasteiger partial charge in [0, 0.05) is 6.16 Å². The third-order valence-corrected chi connectivity index (χ3v) is 3.28. The van der Waals surface area contributed by atoms with E-state index in [-0.39, 0.29) is 0 Å². The predicted molar refractivity (Wildman–Crippen MR) is 53.0 cm³/mol. The highest BCUT2D eigenvalue weighted by molar-refractivity contribution is 7.62. The van der Waals surface area contributed by atoms with Gasteiger partial charge in [-0.05, 0) is 25.7 Å². The zero-order valence-electron chi connectivity index (χ0n) is 8.26. The molecule has 0 spiro atoms. The normalized spacial score (nSPS) is 14.9. The molecule has 0 aromatic carbocycles. The minimum atomic E-state index is -1.74. The third-order valence-electron chi connectivity index (χ3n) is 1.94. The van der Waals surface area contributed by atoms with E-state index in [0.29, 0.717) is 0 Å². The highest BCUT2D eigenvalue weighted by atomic mass is 31.2. The molecule has 1 nitrogen and oxygen atoms in total. The zero-order chi connectivity index (χ0) is 8.91. The Morgan fingerprint density at radius 3 is 2.18 bits per heavy atom. The van der Waals surface area contributed by atoms with Crippen LogP contribution in [0.1, 0.15) is 33.1 Å². The SMILES string of the molecule is CCC[C@H](C)CCP(C)(C)=O. The van der Waals surface area contributed by atoms with E-state index in [0.717, 1.165) is 18.5 Å². The van der Waals surface area contributed by atoms with Gasteiger partial charge in [0.2, 0.25) is 0 Å². The van der Waals surface area contributed by atoms with Crippen molar-refractivity contribution < 1.29 is 4.57 Å². The Morgan fingerprint density at radius 1 is 1.27 bits per heavy atom. The highest BCUT2D eigenvalue weighted by Gasteiger charge is 2.09. The molecule has 0 bridgehead atoms. The lowest BCUT2D eigenvalue weighted by molar-refractivity contribution is 0.504. The zero-order valence-corrected chi connectivity index (χ0v) is 9.16. The van der Waals surface area contributed by atoms with Crippen molar-refractivity contribution in [2.75, 3.05) is 19.5 Å². The van der Waals surface area contributed by atoms with Crippen molar-refractivity contribution in [2.24, 2.45) is 5.92 Å². The Kier molecular flexibility index (Phi) is 5.08. The van der Waals surface area contributed by atoms with Crippen LogP contribution >= 0.6 is 7.14 Å². The summed E-state index contributed by atoms with van der Waals surface area (Å²) in [5.41, 5.74) is 0. The maximum absolute atomic E-state index is 11.3. The maximum atomic E-state index is 11.3. The van der Waals surface area contributed by atoms with Gasteiger partial charge in [-0.15, -0.1) is 0 Å². The van der Waals surface area contributed by atoms with Gasteiger partial charge in [0.05, 0.1) is 7.14 Å². The summed E-state index contributed by atoms with van der Waals surface area (Å²) in [6.07, 6.45) is 4.59. The van der Waals surface area contributed by atoms with Crippen LogP contribution in [-0.4, -0.2) is 19.5 Å². The molecule has 0 aliphatic rings. The lowest BCUT2D eigenvalue weighted by Crippen LogP contribution is -1.97. The molecule has 0 rings (SSSR count). The van der Waals surface area contributed by atoms with E-state index in [1.165, 1.54) is 12.8 Å². The molecule has 0 aromatic rings. The van der Waals surface area contributed by atoms with Gasteiger partial charge in [0.1, 0.15) is 0 Å². The summed E-state index contributed by atoms with van der Waals surface area (Å²) in [5.74, 6) is 0.758. The summed E-state index contributed by atoms with van der Waals surface area (Å²) in [4.78, 5) is 0. The van der Waals surface area contributed by atoms with Gasteiger partial charge >= 0.3 is 0 Å². The van der Waals surface area contributed by atoms with Gasteiger partial charge in [0.25, 0.3) is 0 Å². The summed E-state index contributed by atoms with van der Waals surface area (Å²) in [5, 5.41) is 0. The van der Waals surface area contributed by atoms with Gasteiger partial charge in [0.15, 0.2) is 0 Å². The summed E-state index contributed by atoms with van der Waals surface area (Å²) in [6.45, 7) is 8.21. The van der Waals surface area contributed by atoms with Crippen molar-refractivity contribution in [1.29, 1.82) is 0 Å². The molecule has 0 fully saturated rings. The molecule has 0 unspecified atom stereocenters. The van der Waals surface area contributed by atoms with E-state index >= 15 is 0 Å². The third kappa shape index (κ3) is 8.13. The fourth-order valence-corrected chi connectivity index (χ4v) is 2.23. The molecule has 11 heavy (non-hydrogen) atoms. The quantitative estimate of drug-likeness (QED) is 0.586. The molecule has 0 radical (unpaired) electrons. The minimum Gasteiger partial charge on any atom is -0.324 e. The Hall–Kier alpha value is 0.230. The molecular weight excluding hydrogens is 155 g/mol. The molecule has 0 saturated heterocycles. The van der Waals surface area contributed by atoms with Crippen LogP contribution < -0.4 is 0 Å². The second kappa shape index (κ2) is 4.98. The Bertz CT molecular complexity index is 136. The topological polar surface area (TPSA) is 17.1 Å². The standard InChI is InChI=1S/C9H21OP/c1-5-6-9(2)7-8-11(3,4)10/h9H,5-8H2,1-4H3/t9-/m0/s1. The first kappa shape index (κ1) is 11.2. The van der Waals surface area contributed by atoms with Gasteiger partial charge < -0.3 is 4.57 Å². The fraction of sp³-hybridized carbons (Fsp3) is 1.00. The Morgan fingerprint density at radius 2 is 1.82 bits per heavy atom. The van der Waals surface area contributed by atoms with E-state index in [4.69, 9.17) is 0 Å². The van der Waals surface area contributed by atoms with Crippen molar-refractivity contribution in [3.05, 3.63) is 0 Å².